The van der Waals surface area contributed by atoms with E-state index in [2.05, 4.69) is 5.32 Å². The lowest BCUT2D eigenvalue weighted by Crippen LogP contribution is -2.33. The quantitative estimate of drug-likeness (QED) is 0.320. The number of carbonyl (C=O) groups excluding carboxylic acids is 1. The Hall–Kier alpha value is -2.64. The van der Waals surface area contributed by atoms with Crippen LogP contribution in [-0.2, 0) is 11.2 Å². The van der Waals surface area contributed by atoms with E-state index in [0.29, 0.717) is 23.1 Å². The van der Waals surface area contributed by atoms with Crippen LogP contribution in [0.4, 0.5) is 0 Å². The molecule has 0 aliphatic rings. The van der Waals surface area contributed by atoms with Gasteiger partial charge in [-0.25, -0.2) is 4.79 Å². The zero-order valence-corrected chi connectivity index (χ0v) is 16.6. The molecule has 0 saturated heterocycles. The number of carbonyl (C=O) groups is 2. The Balaban J connectivity index is 0.00000364. The van der Waals surface area contributed by atoms with Gasteiger partial charge in [-0.2, -0.15) is 0 Å². The van der Waals surface area contributed by atoms with Gasteiger partial charge in [0.1, 0.15) is 5.84 Å². The smallest absolute Gasteiger partial charge is 0.328 e. The highest BCUT2D eigenvalue weighted by molar-refractivity contribution is 7.13. The molecule has 1 aromatic carbocycles. The first-order chi connectivity index (χ1) is 12.3. The molecule has 2 aromatic rings. The Morgan fingerprint density at radius 2 is 1.81 bits per heavy atom. The van der Waals surface area contributed by atoms with Crippen molar-refractivity contribution in [2.45, 2.75) is 26.3 Å². The highest BCUT2D eigenvalue weighted by Crippen LogP contribution is 2.25. The molecule has 8 heteroatoms. The molecule has 6 nitrogen and oxygen atoms in total. The normalized spacial score (nSPS) is 12.0. The van der Waals surface area contributed by atoms with Crippen LogP contribution in [0.25, 0.3) is 5.57 Å². The Kier molecular flexibility index (Phi) is 8.21. The number of nitrogens with one attached hydrogen (secondary N) is 2. The van der Waals surface area contributed by atoms with E-state index in [4.69, 9.17) is 16.2 Å². The summed E-state index contributed by atoms with van der Waals surface area (Å²) < 4.78 is 0. The van der Waals surface area contributed by atoms with Gasteiger partial charge in [0.2, 0.25) is 0 Å². The molecular formula is C19H22ClN3O3S. The molecule has 0 aliphatic heterocycles. The summed E-state index contributed by atoms with van der Waals surface area (Å²) in [6.45, 7) is 3.68. The summed E-state index contributed by atoms with van der Waals surface area (Å²) in [6.07, 6.45) is 1.84. The third-order valence-corrected chi connectivity index (χ3v) is 4.98. The number of carboxylic acid groups (broad SMARTS) is 1. The third-order valence-electron chi connectivity index (χ3n) is 3.73. The summed E-state index contributed by atoms with van der Waals surface area (Å²) in [7, 11) is 0. The predicted molar refractivity (Wildman–Crippen MR) is 111 cm³/mol. The highest BCUT2D eigenvalue weighted by atomic mass is 35.5. The molecule has 0 bridgehead atoms. The van der Waals surface area contributed by atoms with E-state index in [-0.39, 0.29) is 30.2 Å². The summed E-state index contributed by atoms with van der Waals surface area (Å²) >= 11 is 1.52. The zero-order valence-electron chi connectivity index (χ0n) is 15.0. The second-order valence-electron chi connectivity index (χ2n) is 6.00. The number of amides is 1. The van der Waals surface area contributed by atoms with Gasteiger partial charge in [-0.15, -0.1) is 23.7 Å². The van der Waals surface area contributed by atoms with Crippen LogP contribution in [0.2, 0.25) is 0 Å². The third kappa shape index (κ3) is 6.54. The second kappa shape index (κ2) is 9.89. The Labute approximate surface area is 168 Å². The van der Waals surface area contributed by atoms with Gasteiger partial charge in [0, 0.05) is 39.4 Å². The van der Waals surface area contributed by atoms with E-state index in [1.807, 2.05) is 19.1 Å². The molecule has 1 atom stereocenters. The lowest BCUT2D eigenvalue weighted by Gasteiger charge is -2.13. The largest absolute Gasteiger partial charge is 0.478 e. The molecule has 0 radical (unpaired) electrons. The average molecular weight is 408 g/mol. The van der Waals surface area contributed by atoms with Crippen LogP contribution in [0.15, 0.2) is 42.5 Å². The van der Waals surface area contributed by atoms with Crippen molar-refractivity contribution in [2.24, 2.45) is 5.73 Å². The molecule has 1 heterocycles. The van der Waals surface area contributed by atoms with Gasteiger partial charge in [-0.1, -0.05) is 12.1 Å². The van der Waals surface area contributed by atoms with Crippen LogP contribution < -0.4 is 11.1 Å². The number of thiophene rings is 1. The first kappa shape index (κ1) is 22.4. The standard InChI is InChI=1S/C19H21N3O3S.ClH/c1-11(9-17(23)24)16-8-7-15(26-16)10-12(2)22-19(25)14-5-3-13(4-6-14)18(20)21;/h3-9,12H,10H2,1-2H3,(H3,20,21)(H,22,25)(H,23,24);1H/b11-9+;. The van der Waals surface area contributed by atoms with Crippen molar-refractivity contribution in [1.29, 1.82) is 5.41 Å². The summed E-state index contributed by atoms with van der Waals surface area (Å²) in [5.74, 6) is -1.19. The van der Waals surface area contributed by atoms with Crippen molar-refractivity contribution >= 4 is 47.0 Å². The first-order valence-corrected chi connectivity index (χ1v) is 8.83. The lowest BCUT2D eigenvalue weighted by atomic mass is 10.1. The van der Waals surface area contributed by atoms with E-state index >= 15 is 0 Å². The van der Waals surface area contributed by atoms with E-state index in [0.717, 1.165) is 9.75 Å². The van der Waals surface area contributed by atoms with Gasteiger partial charge >= 0.3 is 5.97 Å². The van der Waals surface area contributed by atoms with Crippen LogP contribution >= 0.6 is 23.7 Å². The number of hydrogen-bond donors (Lipinski definition) is 4. The molecule has 2 rings (SSSR count). The minimum absolute atomic E-state index is 0. The molecule has 27 heavy (non-hydrogen) atoms. The molecule has 0 fully saturated rings. The first-order valence-electron chi connectivity index (χ1n) is 8.02. The molecule has 0 saturated carbocycles. The Bertz CT molecular complexity index is 859. The number of nitrogens with two attached hydrogens (primary N) is 1. The van der Waals surface area contributed by atoms with Crippen molar-refractivity contribution in [3.8, 4) is 0 Å². The Morgan fingerprint density at radius 1 is 1.22 bits per heavy atom. The molecule has 0 spiro atoms. The maximum atomic E-state index is 12.3. The van der Waals surface area contributed by atoms with Crippen LogP contribution in [0.3, 0.4) is 0 Å². The van der Waals surface area contributed by atoms with Crippen LogP contribution in [0, 0.1) is 5.41 Å². The number of allylic oxidation sites excluding steroid dienone is 1. The van der Waals surface area contributed by atoms with E-state index in [1.165, 1.54) is 17.4 Å². The monoisotopic (exact) mass is 407 g/mol. The Morgan fingerprint density at radius 3 is 2.37 bits per heavy atom. The summed E-state index contributed by atoms with van der Waals surface area (Å²) in [6, 6.07) is 10.3. The van der Waals surface area contributed by atoms with Gasteiger partial charge in [-0.3, -0.25) is 10.2 Å². The maximum Gasteiger partial charge on any atom is 0.328 e. The number of aliphatic carboxylic acids is 1. The lowest BCUT2D eigenvalue weighted by molar-refractivity contribution is -0.131. The van der Waals surface area contributed by atoms with E-state index in [9.17, 15) is 9.59 Å². The van der Waals surface area contributed by atoms with Crippen LogP contribution in [-0.4, -0.2) is 28.9 Å². The number of rotatable bonds is 7. The second-order valence-corrected chi connectivity index (χ2v) is 7.17. The molecule has 144 valence electrons. The molecule has 1 unspecified atom stereocenters. The fourth-order valence-electron chi connectivity index (χ4n) is 2.42. The number of halogens is 1. The summed E-state index contributed by atoms with van der Waals surface area (Å²) in [5.41, 5.74) is 7.19. The number of hydrogen-bond acceptors (Lipinski definition) is 4. The minimum Gasteiger partial charge on any atom is -0.478 e. The molecule has 1 amide bonds. The van der Waals surface area contributed by atoms with Crippen molar-refractivity contribution in [1.82, 2.24) is 5.32 Å². The van der Waals surface area contributed by atoms with Crippen LogP contribution in [0.5, 0.6) is 0 Å². The number of benzene rings is 1. The molecule has 0 aliphatic carbocycles. The van der Waals surface area contributed by atoms with Gasteiger partial charge in [0.05, 0.1) is 0 Å². The van der Waals surface area contributed by atoms with Crippen molar-refractivity contribution < 1.29 is 14.7 Å². The number of amidine groups is 1. The molecule has 5 N–H and O–H groups in total. The minimum atomic E-state index is -0.964. The predicted octanol–water partition coefficient (Wildman–Crippen LogP) is 3.30. The average Bonchev–Trinajstić information content (AvgIpc) is 3.02. The topological polar surface area (TPSA) is 116 Å². The zero-order chi connectivity index (χ0) is 19.3. The fourth-order valence-corrected chi connectivity index (χ4v) is 3.52. The number of carboxylic acids is 1. The SMILES string of the molecule is C/C(=C\C(=O)O)c1ccc(CC(C)NC(=O)c2ccc(C(=N)N)cc2)s1.Cl. The van der Waals surface area contributed by atoms with Crippen molar-refractivity contribution in [3.05, 3.63) is 63.4 Å². The highest BCUT2D eigenvalue weighted by Gasteiger charge is 2.12. The van der Waals surface area contributed by atoms with Crippen molar-refractivity contribution in [3.63, 3.8) is 0 Å². The van der Waals surface area contributed by atoms with E-state index < -0.39 is 5.97 Å². The van der Waals surface area contributed by atoms with Crippen molar-refractivity contribution in [2.75, 3.05) is 0 Å². The maximum absolute atomic E-state index is 12.3. The fraction of sp³-hybridized carbons (Fsp3) is 0.211. The van der Waals surface area contributed by atoms with Crippen LogP contribution in [0.1, 0.15) is 39.5 Å². The number of nitrogen functional groups attached to an aromatic ring is 1. The summed E-state index contributed by atoms with van der Waals surface area (Å²) in [4.78, 5) is 25.0. The van der Waals surface area contributed by atoms with Gasteiger partial charge < -0.3 is 16.2 Å². The molecule has 1 aromatic heterocycles. The van der Waals surface area contributed by atoms with Gasteiger partial charge in [-0.05, 0) is 43.7 Å². The van der Waals surface area contributed by atoms with E-state index in [1.54, 1.807) is 31.2 Å². The summed E-state index contributed by atoms with van der Waals surface area (Å²) in [5, 5.41) is 19.1. The molecular weight excluding hydrogens is 386 g/mol. The van der Waals surface area contributed by atoms with Gasteiger partial charge in [0.25, 0.3) is 5.91 Å². The van der Waals surface area contributed by atoms with Gasteiger partial charge in [0.15, 0.2) is 0 Å².